The smallest absolute Gasteiger partial charge is 0.425 e. The summed E-state index contributed by atoms with van der Waals surface area (Å²) in [5.41, 5.74) is 1.51. The summed E-state index contributed by atoms with van der Waals surface area (Å²) in [5, 5.41) is 11.9. The number of nitrogens with one attached hydrogen (secondary N) is 1. The zero-order valence-corrected chi connectivity index (χ0v) is 17.4. The SMILES string of the molecule is C=C(CCc1nnc([C@H]2C[C@@H](OC(F)(F)F)C2)o1)NC(=O)c1cnc2cc(Cl)ccc2c1. The minimum absolute atomic E-state index is 0.176. The minimum Gasteiger partial charge on any atom is -0.425 e. The van der Waals surface area contributed by atoms with E-state index in [1.165, 1.54) is 6.20 Å². The molecule has 0 aliphatic heterocycles. The van der Waals surface area contributed by atoms with Gasteiger partial charge in [0.15, 0.2) is 0 Å². The van der Waals surface area contributed by atoms with Crippen LogP contribution in [0.25, 0.3) is 10.9 Å². The van der Waals surface area contributed by atoms with Crippen LogP contribution in [0, 0.1) is 0 Å². The average molecular weight is 467 g/mol. The predicted molar refractivity (Wildman–Crippen MR) is 109 cm³/mol. The Morgan fingerprint density at radius 3 is 2.81 bits per heavy atom. The molecule has 2 heterocycles. The van der Waals surface area contributed by atoms with Gasteiger partial charge in [0.05, 0.1) is 17.2 Å². The van der Waals surface area contributed by atoms with Crippen LogP contribution in [0.2, 0.25) is 5.02 Å². The Kier molecular flexibility index (Phi) is 6.16. The van der Waals surface area contributed by atoms with Gasteiger partial charge in [0.1, 0.15) is 0 Å². The first kappa shape index (κ1) is 22.2. The number of amides is 1. The molecule has 1 N–H and O–H groups in total. The van der Waals surface area contributed by atoms with Gasteiger partial charge in [-0.3, -0.25) is 14.5 Å². The van der Waals surface area contributed by atoms with E-state index in [0.29, 0.717) is 46.4 Å². The third-order valence-electron chi connectivity index (χ3n) is 5.07. The van der Waals surface area contributed by atoms with Crippen LogP contribution < -0.4 is 5.32 Å². The second kappa shape index (κ2) is 8.87. The monoisotopic (exact) mass is 466 g/mol. The van der Waals surface area contributed by atoms with E-state index in [1.807, 2.05) is 0 Å². The molecule has 0 saturated heterocycles. The number of pyridine rings is 1. The predicted octanol–water partition coefficient (Wildman–Crippen LogP) is 4.93. The normalized spacial score (nSPS) is 18.4. The number of fused-ring (bicyclic) bond motifs is 1. The van der Waals surface area contributed by atoms with Crippen molar-refractivity contribution in [2.75, 3.05) is 0 Å². The van der Waals surface area contributed by atoms with Crippen molar-refractivity contribution < 1.29 is 27.1 Å². The van der Waals surface area contributed by atoms with Crippen molar-refractivity contribution in [2.45, 2.75) is 44.1 Å². The van der Waals surface area contributed by atoms with Crippen LogP contribution in [0.5, 0.6) is 0 Å². The number of hydrogen-bond acceptors (Lipinski definition) is 6. The molecule has 7 nitrogen and oxygen atoms in total. The molecule has 1 amide bonds. The Balaban J connectivity index is 1.26. The summed E-state index contributed by atoms with van der Waals surface area (Å²) in [7, 11) is 0. The molecule has 1 aromatic carbocycles. The van der Waals surface area contributed by atoms with Crippen LogP contribution in [0.4, 0.5) is 13.2 Å². The highest BCUT2D eigenvalue weighted by Crippen LogP contribution is 2.40. The Labute approximate surface area is 185 Å². The molecule has 3 aromatic rings. The van der Waals surface area contributed by atoms with Crippen LogP contribution in [0.1, 0.15) is 47.3 Å². The molecule has 0 radical (unpaired) electrons. The largest absolute Gasteiger partial charge is 0.522 e. The van der Waals surface area contributed by atoms with E-state index < -0.39 is 12.5 Å². The second-order valence-electron chi connectivity index (χ2n) is 7.51. The number of halogens is 4. The molecule has 2 aromatic heterocycles. The van der Waals surface area contributed by atoms with E-state index in [-0.39, 0.29) is 24.7 Å². The van der Waals surface area contributed by atoms with Gasteiger partial charge in [0, 0.05) is 34.6 Å². The lowest BCUT2D eigenvalue weighted by Gasteiger charge is -2.32. The fraction of sp³-hybridized carbons (Fsp3) is 0.333. The number of hydrogen-bond donors (Lipinski definition) is 1. The fourth-order valence-corrected chi connectivity index (χ4v) is 3.52. The fourth-order valence-electron chi connectivity index (χ4n) is 3.36. The Hall–Kier alpha value is -2.98. The Morgan fingerprint density at radius 2 is 2.06 bits per heavy atom. The number of rotatable bonds is 7. The molecule has 1 fully saturated rings. The summed E-state index contributed by atoms with van der Waals surface area (Å²) in [6.07, 6.45) is -3.03. The molecule has 0 spiro atoms. The van der Waals surface area contributed by atoms with E-state index in [4.69, 9.17) is 16.0 Å². The maximum absolute atomic E-state index is 12.5. The van der Waals surface area contributed by atoms with Crippen molar-refractivity contribution in [1.82, 2.24) is 20.5 Å². The molecule has 0 unspecified atom stereocenters. The van der Waals surface area contributed by atoms with Gasteiger partial charge in [0.2, 0.25) is 11.8 Å². The van der Waals surface area contributed by atoms with Crippen LogP contribution >= 0.6 is 11.6 Å². The third-order valence-corrected chi connectivity index (χ3v) is 5.30. The lowest BCUT2D eigenvalue weighted by Crippen LogP contribution is -2.34. The van der Waals surface area contributed by atoms with Gasteiger partial charge in [-0.2, -0.15) is 0 Å². The van der Waals surface area contributed by atoms with Gasteiger partial charge in [-0.05, 0) is 37.5 Å². The van der Waals surface area contributed by atoms with Gasteiger partial charge in [0.25, 0.3) is 5.91 Å². The lowest BCUT2D eigenvalue weighted by molar-refractivity contribution is -0.352. The number of benzene rings is 1. The topological polar surface area (TPSA) is 90.1 Å². The van der Waals surface area contributed by atoms with Crippen molar-refractivity contribution in [1.29, 1.82) is 0 Å². The Morgan fingerprint density at radius 1 is 1.28 bits per heavy atom. The number of ether oxygens (including phenoxy) is 1. The van der Waals surface area contributed by atoms with Crippen LogP contribution in [-0.2, 0) is 11.2 Å². The molecule has 1 aliphatic rings. The number of allylic oxidation sites excluding steroid dienone is 1. The number of aromatic nitrogens is 3. The highest BCUT2D eigenvalue weighted by atomic mass is 35.5. The van der Waals surface area contributed by atoms with Crippen molar-refractivity contribution >= 4 is 28.4 Å². The molecule has 32 heavy (non-hydrogen) atoms. The van der Waals surface area contributed by atoms with Gasteiger partial charge in [-0.1, -0.05) is 24.2 Å². The maximum atomic E-state index is 12.5. The van der Waals surface area contributed by atoms with Crippen molar-refractivity contribution in [2.24, 2.45) is 0 Å². The first-order valence-electron chi connectivity index (χ1n) is 9.77. The number of carbonyl (C=O) groups excluding carboxylic acids is 1. The Bertz CT molecular complexity index is 1160. The van der Waals surface area contributed by atoms with E-state index >= 15 is 0 Å². The summed E-state index contributed by atoms with van der Waals surface area (Å²) in [6, 6.07) is 6.92. The van der Waals surface area contributed by atoms with Crippen LogP contribution in [0.3, 0.4) is 0 Å². The number of alkyl halides is 3. The van der Waals surface area contributed by atoms with Crippen molar-refractivity contribution in [3.63, 3.8) is 0 Å². The minimum atomic E-state index is -4.64. The van der Waals surface area contributed by atoms with E-state index in [0.717, 1.165) is 5.39 Å². The zero-order chi connectivity index (χ0) is 22.9. The number of aryl methyl sites for hydroxylation is 1. The van der Waals surface area contributed by atoms with Crippen LogP contribution in [0.15, 0.2) is 47.2 Å². The van der Waals surface area contributed by atoms with E-state index in [1.54, 1.807) is 24.3 Å². The quantitative estimate of drug-likeness (QED) is 0.531. The number of nitrogens with zero attached hydrogens (tertiary/aromatic N) is 3. The van der Waals surface area contributed by atoms with Crippen molar-refractivity contribution in [3.8, 4) is 0 Å². The van der Waals surface area contributed by atoms with Gasteiger partial charge < -0.3 is 9.73 Å². The molecule has 168 valence electrons. The summed E-state index contributed by atoms with van der Waals surface area (Å²) >= 11 is 5.94. The number of carbonyl (C=O) groups is 1. The molecule has 11 heteroatoms. The van der Waals surface area contributed by atoms with Crippen molar-refractivity contribution in [3.05, 3.63) is 65.1 Å². The van der Waals surface area contributed by atoms with Gasteiger partial charge >= 0.3 is 6.36 Å². The van der Waals surface area contributed by atoms with Gasteiger partial charge in [-0.25, -0.2) is 0 Å². The molecular weight excluding hydrogens is 449 g/mol. The molecule has 0 atom stereocenters. The molecular formula is C21H18ClF3N4O3. The highest BCUT2D eigenvalue weighted by Gasteiger charge is 2.42. The summed E-state index contributed by atoms with van der Waals surface area (Å²) in [6.45, 7) is 3.84. The third kappa shape index (κ3) is 5.43. The second-order valence-corrected chi connectivity index (χ2v) is 7.94. The molecule has 0 bridgehead atoms. The molecule has 4 rings (SSSR count). The van der Waals surface area contributed by atoms with E-state index in [2.05, 4.69) is 31.8 Å². The average Bonchev–Trinajstić information content (AvgIpc) is 3.16. The lowest BCUT2D eigenvalue weighted by atomic mass is 9.82. The van der Waals surface area contributed by atoms with Crippen LogP contribution in [-0.4, -0.2) is 33.6 Å². The summed E-state index contributed by atoms with van der Waals surface area (Å²) < 4.78 is 46.1. The molecule has 1 aliphatic carbocycles. The first-order chi connectivity index (χ1) is 15.2. The zero-order valence-electron chi connectivity index (χ0n) is 16.7. The maximum Gasteiger partial charge on any atom is 0.522 e. The standard InChI is InChI=1S/C21H18ClF3N4O3/c1-11(27-19(30)14-6-12-3-4-15(22)9-17(12)26-10-14)2-5-18-28-29-20(31-18)13-7-16(8-13)32-21(23,24)25/h3-4,6,9-10,13,16H,1-2,5,7-8H2,(H,27,30)/t13-,16+. The van der Waals surface area contributed by atoms with Gasteiger partial charge in [-0.15, -0.1) is 23.4 Å². The molecule has 1 saturated carbocycles. The summed E-state index contributed by atoms with van der Waals surface area (Å²) in [5.74, 6) is 0.0105. The van der Waals surface area contributed by atoms with E-state index in [9.17, 15) is 18.0 Å². The highest BCUT2D eigenvalue weighted by molar-refractivity contribution is 6.31. The summed E-state index contributed by atoms with van der Waals surface area (Å²) in [4.78, 5) is 16.7. The first-order valence-corrected chi connectivity index (χ1v) is 10.2.